The number of aliphatic hydroxyl groups is 1. The lowest BCUT2D eigenvalue weighted by Crippen LogP contribution is -2.26. The fourth-order valence-corrected chi connectivity index (χ4v) is 2.65. The fraction of sp³-hybridized carbons (Fsp3) is 0.312. The van der Waals surface area contributed by atoms with Crippen LogP contribution in [0.2, 0.25) is 0 Å². The first kappa shape index (κ1) is 12.9. The number of carbonyl (C=O) groups excluding carboxylic acids is 1. The molecular weight excluding hydrogens is 254 g/mol. The van der Waals surface area contributed by atoms with Crippen LogP contribution in [0.5, 0.6) is 0 Å². The average molecular weight is 271 g/mol. The van der Waals surface area contributed by atoms with E-state index in [0.29, 0.717) is 17.0 Å². The zero-order valence-corrected chi connectivity index (χ0v) is 11.7. The van der Waals surface area contributed by atoms with Crippen LogP contribution in [0.25, 0.3) is 0 Å². The minimum atomic E-state index is -0.882. The summed E-state index contributed by atoms with van der Waals surface area (Å²) in [5, 5.41) is 13.4. The zero-order chi connectivity index (χ0) is 14.5. The van der Waals surface area contributed by atoms with Crippen molar-refractivity contribution >= 4 is 11.6 Å². The van der Waals surface area contributed by atoms with E-state index < -0.39 is 11.5 Å². The fourth-order valence-electron chi connectivity index (χ4n) is 2.65. The van der Waals surface area contributed by atoms with E-state index >= 15 is 0 Å². The number of amides is 1. The molecule has 3 rings (SSSR count). The predicted molar refractivity (Wildman–Crippen MR) is 75.6 cm³/mol. The first-order valence-electron chi connectivity index (χ1n) is 6.59. The smallest absolute Gasteiger partial charge is 0.234 e. The molecule has 0 fully saturated rings. The number of benzene rings is 1. The number of hydrogen-bond donors (Lipinski definition) is 2. The van der Waals surface area contributed by atoms with E-state index in [2.05, 4.69) is 5.32 Å². The first-order chi connectivity index (χ1) is 9.41. The standard InChI is InChI=1S/C16H17NO3/c1-9-7-10(14(18)12-5-4-6-20-12)13-11(8-9)16(2,3)15(19)17-13/h4-8,14,18H,1-3H3,(H,17,19). The van der Waals surface area contributed by atoms with E-state index in [1.165, 1.54) is 6.26 Å². The van der Waals surface area contributed by atoms with Gasteiger partial charge in [-0.1, -0.05) is 17.7 Å². The number of fused-ring (bicyclic) bond motifs is 1. The average Bonchev–Trinajstić information content (AvgIpc) is 2.99. The van der Waals surface area contributed by atoms with Gasteiger partial charge in [0, 0.05) is 5.56 Å². The topological polar surface area (TPSA) is 62.5 Å². The molecule has 1 amide bonds. The maximum atomic E-state index is 12.1. The second kappa shape index (κ2) is 4.21. The molecule has 0 saturated carbocycles. The molecule has 1 aromatic heterocycles. The van der Waals surface area contributed by atoms with Gasteiger partial charge in [0.15, 0.2) is 0 Å². The molecule has 1 aliphatic heterocycles. The summed E-state index contributed by atoms with van der Waals surface area (Å²) in [6.07, 6.45) is 0.643. The van der Waals surface area contributed by atoms with Crippen molar-refractivity contribution in [2.24, 2.45) is 0 Å². The van der Waals surface area contributed by atoms with Crippen molar-refractivity contribution in [2.75, 3.05) is 5.32 Å². The van der Waals surface area contributed by atoms with Gasteiger partial charge in [0.25, 0.3) is 0 Å². The lowest BCUT2D eigenvalue weighted by molar-refractivity contribution is -0.119. The molecule has 1 atom stereocenters. The second-order valence-corrected chi connectivity index (χ2v) is 5.77. The summed E-state index contributed by atoms with van der Waals surface area (Å²) in [6.45, 7) is 5.73. The summed E-state index contributed by atoms with van der Waals surface area (Å²) in [7, 11) is 0. The molecule has 0 aliphatic carbocycles. The van der Waals surface area contributed by atoms with Crippen LogP contribution in [0, 0.1) is 6.92 Å². The minimum Gasteiger partial charge on any atom is -0.466 e. The lowest BCUT2D eigenvalue weighted by atomic mass is 9.84. The Balaban J connectivity index is 2.17. The van der Waals surface area contributed by atoms with E-state index in [-0.39, 0.29) is 5.91 Å². The monoisotopic (exact) mass is 271 g/mol. The van der Waals surface area contributed by atoms with Crippen molar-refractivity contribution in [3.05, 3.63) is 53.0 Å². The molecule has 1 aromatic carbocycles. The van der Waals surface area contributed by atoms with Crippen LogP contribution in [-0.4, -0.2) is 11.0 Å². The SMILES string of the molecule is Cc1cc(C(O)c2ccco2)c2c(c1)C(C)(C)C(=O)N2. The van der Waals surface area contributed by atoms with Crippen molar-refractivity contribution in [1.29, 1.82) is 0 Å². The van der Waals surface area contributed by atoms with Gasteiger partial charge in [0.05, 0.1) is 17.4 Å². The van der Waals surface area contributed by atoms with Gasteiger partial charge in [-0.15, -0.1) is 0 Å². The van der Waals surface area contributed by atoms with Gasteiger partial charge in [-0.25, -0.2) is 0 Å². The van der Waals surface area contributed by atoms with Crippen LogP contribution in [-0.2, 0) is 10.2 Å². The summed E-state index contributed by atoms with van der Waals surface area (Å²) < 4.78 is 5.27. The summed E-state index contributed by atoms with van der Waals surface area (Å²) in [4.78, 5) is 12.1. The van der Waals surface area contributed by atoms with Gasteiger partial charge in [-0.05, 0) is 38.5 Å². The Morgan fingerprint density at radius 2 is 2.10 bits per heavy atom. The third kappa shape index (κ3) is 1.76. The van der Waals surface area contributed by atoms with Crippen molar-refractivity contribution < 1.29 is 14.3 Å². The largest absolute Gasteiger partial charge is 0.466 e. The highest BCUT2D eigenvalue weighted by Gasteiger charge is 2.40. The molecule has 20 heavy (non-hydrogen) atoms. The number of anilines is 1. The van der Waals surface area contributed by atoms with Gasteiger partial charge in [-0.2, -0.15) is 0 Å². The molecule has 0 saturated heterocycles. The summed E-state index contributed by atoms with van der Waals surface area (Å²) in [5.74, 6) is 0.419. The molecule has 4 nitrogen and oxygen atoms in total. The normalized spacial score (nSPS) is 17.7. The van der Waals surface area contributed by atoms with Crippen LogP contribution in [0.4, 0.5) is 5.69 Å². The summed E-state index contributed by atoms with van der Waals surface area (Å²) >= 11 is 0. The molecule has 4 heteroatoms. The van der Waals surface area contributed by atoms with Crippen molar-refractivity contribution in [3.8, 4) is 0 Å². The van der Waals surface area contributed by atoms with Crippen LogP contribution in [0.15, 0.2) is 34.9 Å². The van der Waals surface area contributed by atoms with E-state index in [1.54, 1.807) is 12.1 Å². The van der Waals surface area contributed by atoms with Crippen molar-refractivity contribution in [2.45, 2.75) is 32.3 Å². The van der Waals surface area contributed by atoms with Gasteiger partial charge < -0.3 is 14.8 Å². The van der Waals surface area contributed by atoms with E-state index in [4.69, 9.17) is 4.42 Å². The Hall–Kier alpha value is -2.07. The van der Waals surface area contributed by atoms with Crippen molar-refractivity contribution in [3.63, 3.8) is 0 Å². The van der Waals surface area contributed by atoms with Crippen LogP contribution >= 0.6 is 0 Å². The Bertz CT molecular complexity index is 671. The molecule has 104 valence electrons. The maximum absolute atomic E-state index is 12.1. The molecule has 2 aromatic rings. The predicted octanol–water partition coefficient (Wildman–Crippen LogP) is 2.90. The number of hydrogen-bond acceptors (Lipinski definition) is 3. The zero-order valence-electron chi connectivity index (χ0n) is 11.7. The summed E-state index contributed by atoms with van der Waals surface area (Å²) in [6, 6.07) is 7.33. The molecule has 1 aliphatic rings. The molecule has 0 bridgehead atoms. The van der Waals surface area contributed by atoms with E-state index in [9.17, 15) is 9.90 Å². The Morgan fingerprint density at radius 1 is 1.35 bits per heavy atom. The van der Waals surface area contributed by atoms with Crippen LogP contribution < -0.4 is 5.32 Å². The van der Waals surface area contributed by atoms with Crippen molar-refractivity contribution in [1.82, 2.24) is 0 Å². The molecule has 2 heterocycles. The van der Waals surface area contributed by atoms with Gasteiger partial charge in [-0.3, -0.25) is 4.79 Å². The lowest BCUT2D eigenvalue weighted by Gasteiger charge is -2.18. The van der Waals surface area contributed by atoms with Gasteiger partial charge >= 0.3 is 0 Å². The van der Waals surface area contributed by atoms with Crippen LogP contribution in [0.3, 0.4) is 0 Å². The Kier molecular flexibility index (Phi) is 2.73. The number of furan rings is 1. The Labute approximate surface area is 117 Å². The molecule has 0 radical (unpaired) electrons. The molecule has 1 unspecified atom stereocenters. The third-order valence-electron chi connectivity index (χ3n) is 3.90. The number of carbonyl (C=O) groups is 1. The highest BCUT2D eigenvalue weighted by Crippen LogP contribution is 2.43. The minimum absolute atomic E-state index is 0.0500. The Morgan fingerprint density at radius 3 is 2.75 bits per heavy atom. The molecule has 2 N–H and O–H groups in total. The number of aliphatic hydroxyl groups excluding tert-OH is 1. The second-order valence-electron chi connectivity index (χ2n) is 5.77. The first-order valence-corrected chi connectivity index (χ1v) is 6.59. The highest BCUT2D eigenvalue weighted by atomic mass is 16.4. The third-order valence-corrected chi connectivity index (χ3v) is 3.90. The quantitative estimate of drug-likeness (QED) is 0.882. The van der Waals surface area contributed by atoms with Crippen LogP contribution in [0.1, 0.15) is 42.4 Å². The molecule has 0 spiro atoms. The number of aryl methyl sites for hydroxylation is 1. The van der Waals surface area contributed by atoms with E-state index in [0.717, 1.165) is 11.1 Å². The van der Waals surface area contributed by atoms with Gasteiger partial charge in [0.2, 0.25) is 5.91 Å². The maximum Gasteiger partial charge on any atom is 0.234 e. The summed E-state index contributed by atoms with van der Waals surface area (Å²) in [5.41, 5.74) is 2.72. The number of nitrogens with one attached hydrogen (secondary N) is 1. The highest BCUT2D eigenvalue weighted by molar-refractivity contribution is 6.06. The number of rotatable bonds is 2. The van der Waals surface area contributed by atoms with Gasteiger partial charge in [0.1, 0.15) is 11.9 Å². The molecular formula is C16H17NO3. The van der Waals surface area contributed by atoms with E-state index in [1.807, 2.05) is 32.9 Å².